The number of hydrogen-bond acceptors (Lipinski definition) is 5. The number of nitrogens with zero attached hydrogens (tertiary/aromatic N) is 1. The summed E-state index contributed by atoms with van der Waals surface area (Å²) in [5, 5.41) is 11.2. The normalized spacial score (nSPS) is 15.9. The molecule has 1 saturated heterocycles. The number of amides is 1. The van der Waals surface area contributed by atoms with E-state index in [2.05, 4.69) is 0 Å². The van der Waals surface area contributed by atoms with Gasteiger partial charge in [-0.1, -0.05) is 60.4 Å². The Labute approximate surface area is 155 Å². The fraction of sp³-hybridized carbons (Fsp3) is 0.105. The topological polar surface area (TPSA) is 60.4 Å². The first-order chi connectivity index (χ1) is 11.9. The highest BCUT2D eigenvalue weighted by Gasteiger charge is 2.34. The molecule has 0 radical (unpaired) electrons. The van der Waals surface area contributed by atoms with E-state index in [1.165, 1.54) is 11.0 Å². The van der Waals surface area contributed by atoms with E-state index in [-0.39, 0.29) is 11.5 Å². The van der Waals surface area contributed by atoms with Crippen molar-refractivity contribution in [2.45, 2.75) is 13.8 Å². The van der Waals surface area contributed by atoms with Gasteiger partial charge in [-0.25, -0.2) is 0 Å². The van der Waals surface area contributed by atoms with E-state index in [1.807, 2.05) is 32.0 Å². The molecule has 1 fully saturated rings. The molecule has 1 heterocycles. The molecule has 0 spiro atoms. The molecule has 0 bridgehead atoms. The molecule has 4 nitrogen and oxygen atoms in total. The van der Waals surface area contributed by atoms with Crippen LogP contribution in [0.1, 0.15) is 27.0 Å². The van der Waals surface area contributed by atoms with Crippen LogP contribution < -0.4 is 10.0 Å². The van der Waals surface area contributed by atoms with E-state index in [9.17, 15) is 14.7 Å². The monoisotopic (exact) mass is 368 g/mol. The summed E-state index contributed by atoms with van der Waals surface area (Å²) in [6, 6.07) is 12.1. The summed E-state index contributed by atoms with van der Waals surface area (Å²) in [6.07, 6.45) is 1.55. The van der Waals surface area contributed by atoms with Crippen LogP contribution in [0.15, 0.2) is 47.4 Å². The number of carbonyl (C=O) groups is 2. The molecule has 25 heavy (non-hydrogen) atoms. The molecule has 1 aliphatic rings. The molecule has 2 aromatic carbocycles. The van der Waals surface area contributed by atoms with Crippen LogP contribution in [0.4, 0.5) is 5.69 Å². The molecule has 0 aliphatic carbocycles. The Hall–Kier alpha value is -2.44. The summed E-state index contributed by atoms with van der Waals surface area (Å²) in [5.41, 5.74) is 3.26. The highest BCUT2D eigenvalue weighted by Crippen LogP contribution is 2.38. The summed E-state index contributed by atoms with van der Waals surface area (Å²) >= 11 is 6.54. The molecule has 1 amide bonds. The molecule has 6 heteroatoms. The molecule has 0 N–H and O–H groups in total. The Kier molecular flexibility index (Phi) is 4.74. The van der Waals surface area contributed by atoms with Crippen LogP contribution in [0.5, 0.6) is 0 Å². The SMILES string of the molecule is Cc1cccc(N2C(=O)C(=Cc3ccccc3C(=O)[O-])SC2=S)c1C. The maximum absolute atomic E-state index is 12.9. The maximum Gasteiger partial charge on any atom is 0.270 e. The van der Waals surface area contributed by atoms with Gasteiger partial charge in [0.25, 0.3) is 5.91 Å². The lowest BCUT2D eigenvalue weighted by Crippen LogP contribution is -2.28. The van der Waals surface area contributed by atoms with Crippen molar-refractivity contribution in [2.24, 2.45) is 0 Å². The van der Waals surface area contributed by atoms with E-state index in [1.54, 1.807) is 24.3 Å². The van der Waals surface area contributed by atoms with Crippen LogP contribution in [-0.4, -0.2) is 16.2 Å². The number of carboxylic acid groups (broad SMARTS) is 1. The Morgan fingerprint density at radius 2 is 1.88 bits per heavy atom. The highest BCUT2D eigenvalue weighted by atomic mass is 32.2. The molecule has 2 aromatic rings. The second-order valence-corrected chi connectivity index (χ2v) is 7.29. The predicted octanol–water partition coefficient (Wildman–Crippen LogP) is 3.07. The van der Waals surface area contributed by atoms with Gasteiger partial charge in [0, 0.05) is 5.56 Å². The first-order valence-corrected chi connectivity index (χ1v) is 8.77. The summed E-state index contributed by atoms with van der Waals surface area (Å²) < 4.78 is 0.427. The van der Waals surface area contributed by atoms with Gasteiger partial charge in [-0.15, -0.1) is 0 Å². The number of aryl methyl sites for hydroxylation is 1. The van der Waals surface area contributed by atoms with E-state index < -0.39 is 5.97 Å². The van der Waals surface area contributed by atoms with Crippen LogP contribution >= 0.6 is 24.0 Å². The van der Waals surface area contributed by atoms with Gasteiger partial charge in [-0.3, -0.25) is 9.69 Å². The molecule has 126 valence electrons. The number of aromatic carboxylic acids is 1. The average molecular weight is 368 g/mol. The lowest BCUT2D eigenvalue weighted by atomic mass is 10.1. The Morgan fingerprint density at radius 1 is 1.16 bits per heavy atom. The fourth-order valence-corrected chi connectivity index (χ4v) is 3.88. The van der Waals surface area contributed by atoms with Crippen LogP contribution in [0.3, 0.4) is 0 Å². The van der Waals surface area contributed by atoms with Gasteiger partial charge in [0.05, 0.1) is 16.6 Å². The van der Waals surface area contributed by atoms with Gasteiger partial charge in [-0.05, 0) is 42.7 Å². The van der Waals surface area contributed by atoms with Crippen molar-refractivity contribution >= 4 is 51.9 Å². The third kappa shape index (κ3) is 3.23. The zero-order valence-corrected chi connectivity index (χ0v) is 15.2. The van der Waals surface area contributed by atoms with Crippen molar-refractivity contribution in [3.63, 3.8) is 0 Å². The third-order valence-electron chi connectivity index (χ3n) is 4.08. The van der Waals surface area contributed by atoms with Gasteiger partial charge >= 0.3 is 0 Å². The Bertz CT molecular complexity index is 934. The van der Waals surface area contributed by atoms with Crippen molar-refractivity contribution in [1.29, 1.82) is 0 Å². The molecule has 0 saturated carbocycles. The fourth-order valence-electron chi connectivity index (χ4n) is 2.60. The van der Waals surface area contributed by atoms with E-state index >= 15 is 0 Å². The molecule has 3 rings (SSSR count). The highest BCUT2D eigenvalue weighted by molar-refractivity contribution is 8.27. The van der Waals surface area contributed by atoms with Gasteiger partial charge in [0.15, 0.2) is 4.32 Å². The Balaban J connectivity index is 2.03. The average Bonchev–Trinajstić information content (AvgIpc) is 2.85. The first-order valence-electron chi connectivity index (χ1n) is 7.54. The third-order valence-corrected chi connectivity index (χ3v) is 5.38. The minimum absolute atomic E-state index is 0.0412. The molecular formula is C19H14NO3S2-. The summed E-state index contributed by atoms with van der Waals surface area (Å²) in [5.74, 6) is -1.53. The molecular weight excluding hydrogens is 354 g/mol. The van der Waals surface area contributed by atoms with Gasteiger partial charge in [0.1, 0.15) is 0 Å². The number of carboxylic acids is 1. The summed E-state index contributed by atoms with van der Waals surface area (Å²) in [4.78, 5) is 26.0. The largest absolute Gasteiger partial charge is 0.545 e. The quantitative estimate of drug-likeness (QED) is 0.615. The predicted molar refractivity (Wildman–Crippen MR) is 102 cm³/mol. The van der Waals surface area contributed by atoms with Crippen molar-refractivity contribution < 1.29 is 14.7 Å². The van der Waals surface area contributed by atoms with Crippen molar-refractivity contribution in [2.75, 3.05) is 4.90 Å². The van der Waals surface area contributed by atoms with Gasteiger partial charge in [-0.2, -0.15) is 0 Å². The second kappa shape index (κ2) is 6.82. The maximum atomic E-state index is 12.9. The van der Waals surface area contributed by atoms with Crippen molar-refractivity contribution in [1.82, 2.24) is 0 Å². The minimum Gasteiger partial charge on any atom is -0.545 e. The first kappa shape index (κ1) is 17.4. The van der Waals surface area contributed by atoms with Crippen LogP contribution in [0, 0.1) is 13.8 Å². The van der Waals surface area contributed by atoms with Crippen LogP contribution in [0.25, 0.3) is 6.08 Å². The van der Waals surface area contributed by atoms with E-state index in [0.717, 1.165) is 28.6 Å². The molecule has 0 atom stereocenters. The van der Waals surface area contributed by atoms with Crippen molar-refractivity contribution in [3.05, 3.63) is 69.6 Å². The minimum atomic E-state index is -1.28. The Morgan fingerprint density at radius 3 is 2.60 bits per heavy atom. The van der Waals surface area contributed by atoms with Crippen LogP contribution in [0.2, 0.25) is 0 Å². The number of carbonyl (C=O) groups excluding carboxylic acids is 2. The smallest absolute Gasteiger partial charge is 0.270 e. The second-order valence-electron chi connectivity index (χ2n) is 5.61. The lowest BCUT2D eigenvalue weighted by Gasteiger charge is -2.18. The summed E-state index contributed by atoms with van der Waals surface area (Å²) in [7, 11) is 0. The zero-order valence-electron chi connectivity index (χ0n) is 13.6. The number of rotatable bonds is 3. The zero-order chi connectivity index (χ0) is 18.1. The number of thiocarbonyl (C=S) groups is 1. The van der Waals surface area contributed by atoms with Gasteiger partial charge in [0.2, 0.25) is 0 Å². The van der Waals surface area contributed by atoms with Crippen molar-refractivity contribution in [3.8, 4) is 0 Å². The molecule has 0 aromatic heterocycles. The number of hydrogen-bond donors (Lipinski definition) is 0. The number of benzene rings is 2. The lowest BCUT2D eigenvalue weighted by molar-refractivity contribution is -0.255. The van der Waals surface area contributed by atoms with E-state index in [4.69, 9.17) is 12.2 Å². The number of anilines is 1. The van der Waals surface area contributed by atoms with Gasteiger partial charge < -0.3 is 9.90 Å². The van der Waals surface area contributed by atoms with Crippen LogP contribution in [-0.2, 0) is 4.79 Å². The van der Waals surface area contributed by atoms with E-state index in [0.29, 0.717) is 14.8 Å². The molecule has 1 aliphatic heterocycles. The standard InChI is InChI=1S/C19H15NO3S2/c1-11-6-5-9-15(12(11)2)20-17(21)16(25-19(20)24)10-13-7-3-4-8-14(13)18(22)23/h3-10H,1-2H3,(H,22,23)/p-1. The number of thioether (sulfide) groups is 1. The summed E-state index contributed by atoms with van der Waals surface area (Å²) in [6.45, 7) is 3.92. The molecule has 0 unspecified atom stereocenters.